The fraction of sp³-hybridized carbons (Fsp3) is 0.450. The second kappa shape index (κ2) is 8.38. The van der Waals surface area contributed by atoms with Crippen LogP contribution in [-0.2, 0) is 14.6 Å². The van der Waals surface area contributed by atoms with Gasteiger partial charge in [0.1, 0.15) is 0 Å². The topological polar surface area (TPSA) is 103 Å². The zero-order valence-corrected chi connectivity index (χ0v) is 18.2. The second-order valence-electron chi connectivity index (χ2n) is 7.81. The number of amides is 1. The molecular formula is C20H26ClN4O3S+. The maximum atomic E-state index is 11.9. The van der Waals surface area contributed by atoms with E-state index in [1.807, 2.05) is 25.1 Å². The first-order valence-corrected chi connectivity index (χ1v) is 12.0. The Morgan fingerprint density at radius 1 is 1.31 bits per heavy atom. The van der Waals surface area contributed by atoms with E-state index >= 15 is 0 Å². The van der Waals surface area contributed by atoms with Crippen LogP contribution >= 0.6 is 11.6 Å². The van der Waals surface area contributed by atoms with Crippen molar-refractivity contribution in [2.24, 2.45) is 11.7 Å². The number of pyridine rings is 2. The molecule has 0 spiro atoms. The Kier molecular flexibility index (Phi) is 6.26. The summed E-state index contributed by atoms with van der Waals surface area (Å²) in [7, 11) is -3.15. The van der Waals surface area contributed by atoms with Crippen LogP contribution in [0.4, 0.5) is 5.82 Å². The molecule has 0 aliphatic carbocycles. The lowest BCUT2D eigenvalue weighted by atomic mass is 9.94. The van der Waals surface area contributed by atoms with Crippen molar-refractivity contribution >= 4 is 33.2 Å². The van der Waals surface area contributed by atoms with Crippen LogP contribution in [0, 0.1) is 12.8 Å². The first-order chi connectivity index (χ1) is 13.6. The molecule has 0 bridgehead atoms. The van der Waals surface area contributed by atoms with Crippen LogP contribution in [0.3, 0.4) is 0 Å². The lowest BCUT2D eigenvalue weighted by Crippen LogP contribution is -2.57. The molecule has 1 aliphatic rings. The highest BCUT2D eigenvalue weighted by molar-refractivity contribution is 7.90. The highest BCUT2D eigenvalue weighted by Gasteiger charge is 2.39. The molecule has 0 radical (unpaired) electrons. The van der Waals surface area contributed by atoms with Crippen molar-refractivity contribution in [1.29, 1.82) is 0 Å². The molecule has 2 aromatic rings. The normalized spacial score (nSPS) is 22.4. The van der Waals surface area contributed by atoms with Crippen molar-refractivity contribution in [2.75, 3.05) is 31.6 Å². The molecule has 0 atom stereocenters. The van der Waals surface area contributed by atoms with E-state index in [1.165, 1.54) is 6.26 Å². The number of hydrogen-bond acceptors (Lipinski definition) is 5. The number of aromatic nitrogens is 2. The molecule has 1 saturated heterocycles. The highest BCUT2D eigenvalue weighted by Crippen LogP contribution is 2.35. The van der Waals surface area contributed by atoms with Crippen LogP contribution in [-0.4, -0.2) is 55.9 Å². The van der Waals surface area contributed by atoms with E-state index in [0.717, 1.165) is 22.6 Å². The second-order valence-corrected chi connectivity index (χ2v) is 10.5. The van der Waals surface area contributed by atoms with E-state index in [4.69, 9.17) is 17.3 Å². The molecule has 0 saturated carbocycles. The van der Waals surface area contributed by atoms with Gasteiger partial charge in [0.25, 0.3) is 0 Å². The van der Waals surface area contributed by atoms with E-state index in [0.29, 0.717) is 42.0 Å². The summed E-state index contributed by atoms with van der Waals surface area (Å²) in [5.41, 5.74) is 8.02. The van der Waals surface area contributed by atoms with Gasteiger partial charge < -0.3 is 5.73 Å². The van der Waals surface area contributed by atoms with Crippen LogP contribution in [0.2, 0.25) is 5.02 Å². The Morgan fingerprint density at radius 3 is 2.59 bits per heavy atom. The number of rotatable bonds is 6. The number of nitrogens with zero attached hydrogens (tertiary/aromatic N) is 3. The standard InChI is InChI=1S/C20H25ClN4O3S/c1-14-4-3-7-23-19(14)16-12-18(24-13-17(16)21)25(10-11-29(2,27)28)8-5-15(6-9-25)20(22)26/h3-4,7,12-13,15H,5-6,8-11H2,1-2H3,(H-,22,26)/p+1. The van der Waals surface area contributed by atoms with Crippen molar-refractivity contribution in [2.45, 2.75) is 19.8 Å². The first kappa shape index (κ1) is 21.7. The average Bonchev–Trinajstić information content (AvgIpc) is 2.67. The van der Waals surface area contributed by atoms with Crippen LogP contribution in [0.5, 0.6) is 0 Å². The number of nitrogens with two attached hydrogens (primary N) is 1. The van der Waals surface area contributed by atoms with Crippen LogP contribution in [0.15, 0.2) is 30.6 Å². The number of quaternary nitrogens is 1. The van der Waals surface area contributed by atoms with E-state index in [-0.39, 0.29) is 17.6 Å². The molecule has 7 nitrogen and oxygen atoms in total. The van der Waals surface area contributed by atoms with Gasteiger partial charge in [-0.05, 0) is 18.6 Å². The van der Waals surface area contributed by atoms with Gasteiger partial charge in [0, 0.05) is 42.8 Å². The molecule has 1 aliphatic heterocycles. The fourth-order valence-electron chi connectivity index (χ4n) is 3.89. The molecule has 2 aromatic heterocycles. The smallest absolute Gasteiger partial charge is 0.228 e. The van der Waals surface area contributed by atoms with Gasteiger partial charge in [0.15, 0.2) is 9.84 Å². The first-order valence-electron chi connectivity index (χ1n) is 9.52. The maximum absolute atomic E-state index is 11.9. The molecule has 3 rings (SSSR count). The number of hydrogen-bond donors (Lipinski definition) is 1. The Morgan fingerprint density at radius 2 is 2.00 bits per heavy atom. The molecule has 29 heavy (non-hydrogen) atoms. The summed E-state index contributed by atoms with van der Waals surface area (Å²) in [6.45, 7) is 3.54. The summed E-state index contributed by atoms with van der Waals surface area (Å²) < 4.78 is 24.1. The molecule has 1 fully saturated rings. The number of carbonyl (C=O) groups is 1. The van der Waals surface area contributed by atoms with Gasteiger partial charge in [0.2, 0.25) is 11.7 Å². The Labute approximate surface area is 176 Å². The number of likely N-dealkylation sites (tertiary alicyclic amines) is 1. The molecule has 0 unspecified atom stereocenters. The third-order valence-electron chi connectivity index (χ3n) is 5.70. The summed E-state index contributed by atoms with van der Waals surface area (Å²) in [5, 5.41) is 0.490. The molecule has 1 amide bonds. The molecule has 9 heteroatoms. The average molecular weight is 438 g/mol. The van der Waals surface area contributed by atoms with Gasteiger partial charge >= 0.3 is 0 Å². The number of sulfone groups is 1. The largest absolute Gasteiger partial charge is 0.369 e. The maximum Gasteiger partial charge on any atom is 0.228 e. The van der Waals surface area contributed by atoms with Crippen molar-refractivity contribution in [1.82, 2.24) is 14.5 Å². The third kappa shape index (κ3) is 4.94. The lowest BCUT2D eigenvalue weighted by Gasteiger charge is -2.41. The predicted molar refractivity (Wildman–Crippen MR) is 115 cm³/mol. The van der Waals surface area contributed by atoms with Crippen molar-refractivity contribution < 1.29 is 13.2 Å². The number of piperidine rings is 1. The molecule has 3 heterocycles. The van der Waals surface area contributed by atoms with E-state index in [9.17, 15) is 13.2 Å². The van der Waals surface area contributed by atoms with E-state index < -0.39 is 9.84 Å². The Bertz CT molecular complexity index is 1020. The van der Waals surface area contributed by atoms with Gasteiger partial charge in [-0.15, -0.1) is 0 Å². The highest BCUT2D eigenvalue weighted by atomic mass is 35.5. The third-order valence-corrected chi connectivity index (χ3v) is 6.92. The summed E-state index contributed by atoms with van der Waals surface area (Å²) >= 11 is 6.43. The van der Waals surface area contributed by atoms with Gasteiger partial charge in [-0.2, -0.15) is 0 Å². The number of carbonyl (C=O) groups excluding carboxylic acids is 1. The minimum absolute atomic E-state index is 0.0382. The van der Waals surface area contributed by atoms with E-state index in [2.05, 4.69) is 9.97 Å². The summed E-state index contributed by atoms with van der Waals surface area (Å²) in [6, 6.07) is 5.74. The fourth-order valence-corrected chi connectivity index (χ4v) is 4.76. The predicted octanol–water partition coefficient (Wildman–Crippen LogP) is 2.35. The summed E-state index contributed by atoms with van der Waals surface area (Å²) in [6.07, 6.45) is 5.74. The summed E-state index contributed by atoms with van der Waals surface area (Å²) in [5.74, 6) is 0.279. The zero-order valence-electron chi connectivity index (χ0n) is 16.6. The molecule has 156 valence electrons. The minimum Gasteiger partial charge on any atom is -0.369 e. The van der Waals surface area contributed by atoms with Crippen LogP contribution in [0.25, 0.3) is 11.3 Å². The molecular weight excluding hydrogens is 412 g/mol. The SMILES string of the molecule is Cc1cccnc1-c1cc([N+]2(CCS(C)(=O)=O)CCC(C(N)=O)CC2)ncc1Cl. The lowest BCUT2D eigenvalue weighted by molar-refractivity contribution is -0.123. The van der Waals surface area contributed by atoms with Crippen molar-refractivity contribution in [3.8, 4) is 11.3 Å². The van der Waals surface area contributed by atoms with Crippen LogP contribution in [0.1, 0.15) is 18.4 Å². The monoisotopic (exact) mass is 437 g/mol. The zero-order chi connectivity index (χ0) is 21.2. The minimum atomic E-state index is -3.15. The van der Waals surface area contributed by atoms with Crippen molar-refractivity contribution in [3.05, 3.63) is 41.2 Å². The van der Waals surface area contributed by atoms with Crippen molar-refractivity contribution in [3.63, 3.8) is 0 Å². The molecule has 2 N–H and O–H groups in total. The van der Waals surface area contributed by atoms with Gasteiger partial charge in [-0.25, -0.2) is 13.4 Å². The number of primary amides is 1. The van der Waals surface area contributed by atoms with Gasteiger partial charge in [-0.1, -0.05) is 17.7 Å². The van der Waals surface area contributed by atoms with Gasteiger partial charge in [-0.3, -0.25) is 14.3 Å². The Hall–Kier alpha value is -2.03. The van der Waals surface area contributed by atoms with Gasteiger partial charge in [0.05, 0.1) is 42.3 Å². The number of aryl methyl sites for hydroxylation is 1. The molecule has 0 aromatic carbocycles. The quantitative estimate of drug-likeness (QED) is 0.698. The Balaban J connectivity index is 2.03. The van der Waals surface area contributed by atoms with Crippen LogP contribution < -0.4 is 10.2 Å². The summed E-state index contributed by atoms with van der Waals surface area (Å²) in [4.78, 5) is 20.6. The number of halogens is 1. The van der Waals surface area contributed by atoms with E-state index in [1.54, 1.807) is 12.4 Å².